The maximum Gasteiger partial charge on any atom is 0.161 e. The van der Waals surface area contributed by atoms with Gasteiger partial charge in [0.2, 0.25) is 0 Å². The summed E-state index contributed by atoms with van der Waals surface area (Å²) >= 11 is 3.59. The van der Waals surface area contributed by atoms with Crippen molar-refractivity contribution < 1.29 is 0 Å². The van der Waals surface area contributed by atoms with Gasteiger partial charge in [-0.25, -0.2) is 4.98 Å². The number of imidazole rings is 1. The van der Waals surface area contributed by atoms with E-state index in [2.05, 4.69) is 55.5 Å². The van der Waals surface area contributed by atoms with Crippen LogP contribution in [0.25, 0.3) is 28.3 Å². The van der Waals surface area contributed by atoms with Gasteiger partial charge in [-0.3, -0.25) is 4.57 Å². The van der Waals surface area contributed by atoms with Gasteiger partial charge in [0.25, 0.3) is 0 Å². The van der Waals surface area contributed by atoms with E-state index >= 15 is 0 Å². The van der Waals surface area contributed by atoms with E-state index in [0.29, 0.717) is 12.1 Å². The van der Waals surface area contributed by atoms with E-state index in [-0.39, 0.29) is 0 Å². The summed E-state index contributed by atoms with van der Waals surface area (Å²) in [4.78, 5) is 4.69. The van der Waals surface area contributed by atoms with Crippen LogP contribution in [0, 0.1) is 11.3 Å². The topological polar surface area (TPSA) is 72.6 Å². The van der Waals surface area contributed by atoms with Gasteiger partial charge >= 0.3 is 0 Å². The first-order valence-corrected chi connectivity index (χ1v) is 9.74. The average Bonchev–Trinajstić information content (AvgIpc) is 3.29. The number of nitrogens with zero attached hydrogens (tertiary/aromatic N) is 4. The quantitative estimate of drug-likeness (QED) is 0.450. The number of hydrogen-bond acceptors (Lipinski definition) is 3. The van der Waals surface area contributed by atoms with Gasteiger partial charge in [0.05, 0.1) is 34.9 Å². The highest BCUT2D eigenvalue weighted by Gasteiger charge is 2.23. The molecule has 5 rings (SSSR count). The number of nitrogens with two attached hydrogens (primary N) is 1. The Bertz CT molecular complexity index is 1240. The zero-order valence-corrected chi connectivity index (χ0v) is 16.5. The Balaban J connectivity index is 1.72. The molecule has 1 aliphatic heterocycles. The highest BCUT2D eigenvalue weighted by molar-refractivity contribution is 9.10. The van der Waals surface area contributed by atoms with Crippen molar-refractivity contribution in [3.8, 4) is 34.4 Å². The van der Waals surface area contributed by atoms with Crippen LogP contribution in [0.4, 0.5) is 0 Å². The van der Waals surface area contributed by atoms with Crippen molar-refractivity contribution in [3.05, 3.63) is 82.2 Å². The summed E-state index contributed by atoms with van der Waals surface area (Å²) in [6.45, 7) is 1.17. The third kappa shape index (κ3) is 2.60. The lowest BCUT2D eigenvalue weighted by Gasteiger charge is -2.12. The van der Waals surface area contributed by atoms with Crippen molar-refractivity contribution in [2.24, 2.45) is 5.73 Å². The summed E-state index contributed by atoms with van der Waals surface area (Å²) < 4.78 is 5.43. The van der Waals surface area contributed by atoms with Gasteiger partial charge in [-0.15, -0.1) is 0 Å². The van der Waals surface area contributed by atoms with Crippen LogP contribution in [0.1, 0.15) is 16.8 Å². The van der Waals surface area contributed by atoms with E-state index in [1.807, 2.05) is 36.5 Å². The second kappa shape index (κ2) is 6.48. The smallest absolute Gasteiger partial charge is 0.161 e. The molecular weight excluding hydrogens is 414 g/mol. The highest BCUT2D eigenvalue weighted by atomic mass is 79.9. The molecule has 2 aromatic heterocycles. The van der Waals surface area contributed by atoms with Gasteiger partial charge in [-0.1, -0.05) is 28.1 Å². The fourth-order valence-electron chi connectivity index (χ4n) is 3.79. The van der Waals surface area contributed by atoms with Crippen molar-refractivity contribution in [2.45, 2.75) is 13.1 Å². The number of halogens is 1. The Morgan fingerprint density at radius 2 is 1.93 bits per heavy atom. The number of benzene rings is 2. The normalized spacial score (nSPS) is 11.9. The van der Waals surface area contributed by atoms with Crippen LogP contribution in [-0.2, 0) is 13.1 Å². The molecule has 0 fully saturated rings. The lowest BCUT2D eigenvalue weighted by Crippen LogP contribution is -2.07. The molecule has 0 atom stereocenters. The summed E-state index contributed by atoms with van der Waals surface area (Å²) in [7, 11) is 0. The highest BCUT2D eigenvalue weighted by Crippen LogP contribution is 2.35. The summed E-state index contributed by atoms with van der Waals surface area (Å²) in [5.74, 6) is 0.890. The molecule has 0 spiro atoms. The summed E-state index contributed by atoms with van der Waals surface area (Å²) in [6, 6.07) is 18.3. The van der Waals surface area contributed by atoms with Crippen molar-refractivity contribution in [3.63, 3.8) is 0 Å². The lowest BCUT2D eigenvalue weighted by atomic mass is 10.1. The van der Waals surface area contributed by atoms with E-state index < -0.39 is 0 Å². The van der Waals surface area contributed by atoms with Crippen LogP contribution in [-0.4, -0.2) is 14.1 Å². The van der Waals surface area contributed by atoms with Crippen molar-refractivity contribution in [2.75, 3.05) is 0 Å². The van der Waals surface area contributed by atoms with Gasteiger partial charge in [0.1, 0.15) is 0 Å². The second-order valence-corrected chi connectivity index (χ2v) is 7.73. The maximum atomic E-state index is 9.03. The molecule has 0 bridgehead atoms. The molecule has 6 heteroatoms. The monoisotopic (exact) mass is 429 g/mol. The number of aromatic nitrogens is 3. The predicted octanol–water partition coefficient (Wildman–Crippen LogP) is 4.46. The van der Waals surface area contributed by atoms with Crippen LogP contribution >= 0.6 is 15.9 Å². The molecule has 0 saturated carbocycles. The zero-order valence-electron chi connectivity index (χ0n) is 14.9. The van der Waals surface area contributed by atoms with Gasteiger partial charge < -0.3 is 10.3 Å². The number of nitriles is 1. The van der Waals surface area contributed by atoms with Gasteiger partial charge in [-0.2, -0.15) is 5.26 Å². The zero-order chi connectivity index (χ0) is 19.3. The Morgan fingerprint density at radius 3 is 2.68 bits per heavy atom. The first kappa shape index (κ1) is 17.0. The van der Waals surface area contributed by atoms with E-state index in [1.54, 1.807) is 0 Å². The number of rotatable bonds is 2. The summed E-state index contributed by atoms with van der Waals surface area (Å²) in [5.41, 5.74) is 13.2. The third-order valence-electron chi connectivity index (χ3n) is 5.14. The van der Waals surface area contributed by atoms with Crippen LogP contribution < -0.4 is 5.73 Å². The molecule has 2 N–H and O–H groups in total. The maximum absolute atomic E-state index is 9.03. The molecule has 3 heterocycles. The minimum Gasteiger partial charge on any atom is -0.340 e. The van der Waals surface area contributed by atoms with E-state index in [1.165, 1.54) is 5.56 Å². The molecule has 0 saturated heterocycles. The fourth-order valence-corrected chi connectivity index (χ4v) is 4.20. The molecule has 0 unspecified atom stereocenters. The van der Waals surface area contributed by atoms with Crippen molar-refractivity contribution in [1.29, 1.82) is 5.26 Å². The third-order valence-corrected chi connectivity index (χ3v) is 5.63. The Morgan fingerprint density at radius 1 is 1.11 bits per heavy atom. The van der Waals surface area contributed by atoms with E-state index in [9.17, 15) is 0 Å². The van der Waals surface area contributed by atoms with Crippen molar-refractivity contribution >= 4 is 15.9 Å². The fraction of sp³-hybridized carbons (Fsp3) is 0.0909. The lowest BCUT2D eigenvalue weighted by molar-refractivity contribution is 0.817. The largest absolute Gasteiger partial charge is 0.340 e. The molecular formula is C22H16BrN5. The summed E-state index contributed by atoms with van der Waals surface area (Å²) in [5, 5.41) is 9.03. The molecule has 0 radical (unpaired) electrons. The van der Waals surface area contributed by atoms with Gasteiger partial charge in [0, 0.05) is 29.3 Å². The molecule has 5 nitrogen and oxygen atoms in total. The molecule has 136 valence electrons. The number of hydrogen-bond donors (Lipinski definition) is 1. The molecule has 1 aliphatic rings. The van der Waals surface area contributed by atoms with Crippen LogP contribution in [0.15, 0.2) is 65.4 Å². The SMILES string of the molecule is N#Cc1ccc(-c2cc3n(c2)Cc2cc(Br)ccc2-n2c(CN)cnc2-3)cc1. The number of fused-ring (bicyclic) bond motifs is 5. The first-order valence-electron chi connectivity index (χ1n) is 8.94. The van der Waals surface area contributed by atoms with Crippen LogP contribution in [0.5, 0.6) is 0 Å². The Kier molecular flexibility index (Phi) is 3.93. The van der Waals surface area contributed by atoms with E-state index in [4.69, 9.17) is 16.0 Å². The average molecular weight is 430 g/mol. The van der Waals surface area contributed by atoms with E-state index in [0.717, 1.165) is 45.0 Å². The van der Waals surface area contributed by atoms with Gasteiger partial charge in [0.15, 0.2) is 5.82 Å². The minimum absolute atomic E-state index is 0.422. The molecule has 4 aromatic rings. The van der Waals surface area contributed by atoms with Gasteiger partial charge in [-0.05, 0) is 47.5 Å². The molecule has 2 aromatic carbocycles. The van der Waals surface area contributed by atoms with Crippen LogP contribution in [0.2, 0.25) is 0 Å². The summed E-state index contributed by atoms with van der Waals surface area (Å²) in [6.07, 6.45) is 4.00. The molecule has 28 heavy (non-hydrogen) atoms. The standard InChI is InChI=1S/C22H16BrN5/c23-18-5-6-20-17(7-18)13-27-12-16(15-3-1-14(9-24)2-4-15)8-21(27)22-26-11-19(10-25)28(20)22/h1-8,11-12H,10,13,25H2. The predicted molar refractivity (Wildman–Crippen MR) is 112 cm³/mol. The second-order valence-electron chi connectivity index (χ2n) is 6.82. The molecule has 0 aliphatic carbocycles. The van der Waals surface area contributed by atoms with Crippen LogP contribution in [0.3, 0.4) is 0 Å². The first-order chi connectivity index (χ1) is 13.7. The Hall–Kier alpha value is -3.14. The molecule has 0 amide bonds. The van der Waals surface area contributed by atoms with Crippen molar-refractivity contribution in [1.82, 2.24) is 14.1 Å². The Labute approximate surface area is 170 Å². The minimum atomic E-state index is 0.422.